The molecule has 0 aromatic heterocycles. The molecule has 1 N–H and O–H groups in total. The maximum absolute atomic E-state index is 9.37. The van der Waals surface area contributed by atoms with Crippen LogP contribution in [0.4, 0.5) is 0 Å². The molecule has 0 aliphatic carbocycles. The van der Waals surface area contributed by atoms with Gasteiger partial charge in [-0.2, -0.15) is 0 Å². The lowest BCUT2D eigenvalue weighted by molar-refractivity contribution is -0.0588. The second kappa shape index (κ2) is 4.28. The van der Waals surface area contributed by atoms with Gasteiger partial charge in [-0.15, -0.1) is 0 Å². The van der Waals surface area contributed by atoms with Gasteiger partial charge in [0.25, 0.3) is 0 Å². The molecule has 0 bridgehead atoms. The molecule has 3 nitrogen and oxygen atoms in total. The van der Waals surface area contributed by atoms with Crippen LogP contribution in [0.3, 0.4) is 0 Å². The van der Waals surface area contributed by atoms with E-state index < -0.39 is 0 Å². The van der Waals surface area contributed by atoms with Gasteiger partial charge in [0.05, 0.1) is 18.8 Å². The lowest BCUT2D eigenvalue weighted by atomic mass is 9.95. The highest BCUT2D eigenvalue weighted by Gasteiger charge is 2.49. The van der Waals surface area contributed by atoms with E-state index in [2.05, 4.69) is 25.7 Å². The minimum Gasteiger partial charge on any atom is -0.395 e. The summed E-state index contributed by atoms with van der Waals surface area (Å²) in [5.74, 6) is 0. The third-order valence-corrected chi connectivity index (χ3v) is 4.02. The molecule has 0 spiro atoms. The van der Waals surface area contributed by atoms with Crippen molar-refractivity contribution in [3.8, 4) is 0 Å². The summed E-state index contributed by atoms with van der Waals surface area (Å²) in [7, 11) is 0. The van der Waals surface area contributed by atoms with Crippen molar-refractivity contribution in [1.82, 2.24) is 4.90 Å². The zero-order valence-corrected chi connectivity index (χ0v) is 10.8. The predicted octanol–water partition coefficient (Wildman–Crippen LogP) is 1.79. The van der Waals surface area contributed by atoms with E-state index >= 15 is 0 Å². The highest BCUT2D eigenvalue weighted by atomic mass is 16.5. The standard InChI is InChI=1S/C13H25NO2/c1-12(2,3)16-10-13-6-4-8-14(13)11(9-15)5-7-13/h11,15H,4-10H2,1-3H3/t11-,13+/m0/s1. The number of ether oxygens (including phenoxy) is 1. The molecule has 2 heterocycles. The number of aliphatic hydroxyl groups excluding tert-OH is 1. The van der Waals surface area contributed by atoms with Crippen LogP contribution in [0.5, 0.6) is 0 Å². The van der Waals surface area contributed by atoms with E-state index in [0.717, 1.165) is 19.6 Å². The first-order valence-corrected chi connectivity index (χ1v) is 6.48. The molecule has 16 heavy (non-hydrogen) atoms. The van der Waals surface area contributed by atoms with Crippen LogP contribution in [-0.4, -0.2) is 46.9 Å². The van der Waals surface area contributed by atoms with Crippen molar-refractivity contribution in [3.63, 3.8) is 0 Å². The Morgan fingerprint density at radius 1 is 1.38 bits per heavy atom. The van der Waals surface area contributed by atoms with Crippen molar-refractivity contribution in [2.45, 2.75) is 63.6 Å². The Kier molecular flexibility index (Phi) is 3.30. The largest absolute Gasteiger partial charge is 0.395 e. The average molecular weight is 227 g/mol. The lowest BCUT2D eigenvalue weighted by Gasteiger charge is -2.36. The van der Waals surface area contributed by atoms with Crippen LogP contribution in [0.15, 0.2) is 0 Å². The molecule has 2 saturated heterocycles. The van der Waals surface area contributed by atoms with Crippen LogP contribution in [0.25, 0.3) is 0 Å². The SMILES string of the molecule is CC(C)(C)OC[C@]12CCCN1[C@H](CO)CC2. The molecule has 0 amide bonds. The zero-order chi connectivity index (χ0) is 11.8. The van der Waals surface area contributed by atoms with Crippen molar-refractivity contribution < 1.29 is 9.84 Å². The molecule has 0 saturated carbocycles. The van der Waals surface area contributed by atoms with Gasteiger partial charge in [0.2, 0.25) is 0 Å². The molecule has 2 aliphatic rings. The third-order valence-electron chi connectivity index (χ3n) is 4.02. The Hall–Kier alpha value is -0.120. The van der Waals surface area contributed by atoms with Crippen molar-refractivity contribution in [2.75, 3.05) is 19.8 Å². The Bertz CT molecular complexity index is 249. The van der Waals surface area contributed by atoms with Crippen molar-refractivity contribution in [3.05, 3.63) is 0 Å². The minimum atomic E-state index is -0.0552. The number of aliphatic hydroxyl groups is 1. The number of fused-ring (bicyclic) bond motifs is 1. The van der Waals surface area contributed by atoms with Crippen LogP contribution < -0.4 is 0 Å². The molecule has 2 fully saturated rings. The van der Waals surface area contributed by atoms with Crippen LogP contribution in [0, 0.1) is 0 Å². The Morgan fingerprint density at radius 2 is 2.12 bits per heavy atom. The molecule has 0 aromatic rings. The fraction of sp³-hybridized carbons (Fsp3) is 1.00. The van der Waals surface area contributed by atoms with E-state index in [4.69, 9.17) is 4.74 Å². The van der Waals surface area contributed by atoms with E-state index in [1.54, 1.807) is 0 Å². The summed E-state index contributed by atoms with van der Waals surface area (Å²) in [4.78, 5) is 2.50. The molecule has 0 aromatic carbocycles. The highest BCUT2D eigenvalue weighted by Crippen LogP contribution is 2.42. The van der Waals surface area contributed by atoms with E-state index in [1.807, 2.05) is 0 Å². The molecule has 0 unspecified atom stereocenters. The summed E-state index contributed by atoms with van der Waals surface area (Å²) in [6.07, 6.45) is 4.81. The summed E-state index contributed by atoms with van der Waals surface area (Å²) in [5.41, 5.74) is 0.182. The van der Waals surface area contributed by atoms with Gasteiger partial charge < -0.3 is 9.84 Å². The van der Waals surface area contributed by atoms with Gasteiger partial charge in [-0.05, 0) is 53.0 Å². The normalized spacial score (nSPS) is 35.6. The molecule has 2 aliphatic heterocycles. The first kappa shape index (κ1) is 12.3. The first-order valence-electron chi connectivity index (χ1n) is 6.48. The molecule has 2 rings (SSSR count). The van der Waals surface area contributed by atoms with Gasteiger partial charge in [-0.1, -0.05) is 0 Å². The van der Waals surface area contributed by atoms with E-state index in [1.165, 1.54) is 19.3 Å². The predicted molar refractivity (Wildman–Crippen MR) is 64.5 cm³/mol. The van der Waals surface area contributed by atoms with Crippen molar-refractivity contribution in [2.24, 2.45) is 0 Å². The van der Waals surface area contributed by atoms with E-state index in [0.29, 0.717) is 12.6 Å². The monoisotopic (exact) mass is 227 g/mol. The topological polar surface area (TPSA) is 32.7 Å². The maximum Gasteiger partial charge on any atom is 0.0657 e. The van der Waals surface area contributed by atoms with Crippen LogP contribution in [0.1, 0.15) is 46.5 Å². The van der Waals surface area contributed by atoms with Crippen LogP contribution in [0.2, 0.25) is 0 Å². The Balaban J connectivity index is 2.01. The Labute approximate surface area is 98.8 Å². The summed E-state index contributed by atoms with van der Waals surface area (Å²) in [6.45, 7) is 8.60. The molecular weight excluding hydrogens is 202 g/mol. The van der Waals surface area contributed by atoms with Gasteiger partial charge in [-0.3, -0.25) is 4.90 Å². The number of hydrogen-bond acceptors (Lipinski definition) is 3. The fourth-order valence-corrected chi connectivity index (χ4v) is 3.16. The minimum absolute atomic E-state index is 0.0552. The van der Waals surface area contributed by atoms with Gasteiger partial charge >= 0.3 is 0 Å². The fourth-order valence-electron chi connectivity index (χ4n) is 3.16. The van der Waals surface area contributed by atoms with Crippen LogP contribution in [-0.2, 0) is 4.74 Å². The summed E-state index contributed by atoms with van der Waals surface area (Å²) >= 11 is 0. The zero-order valence-electron chi connectivity index (χ0n) is 10.8. The number of hydrogen-bond donors (Lipinski definition) is 1. The Morgan fingerprint density at radius 3 is 2.75 bits per heavy atom. The quantitative estimate of drug-likeness (QED) is 0.798. The maximum atomic E-state index is 9.37. The van der Waals surface area contributed by atoms with E-state index in [9.17, 15) is 5.11 Å². The number of nitrogens with zero attached hydrogens (tertiary/aromatic N) is 1. The van der Waals surface area contributed by atoms with Crippen molar-refractivity contribution in [1.29, 1.82) is 0 Å². The van der Waals surface area contributed by atoms with Crippen molar-refractivity contribution >= 4 is 0 Å². The van der Waals surface area contributed by atoms with Gasteiger partial charge in [0, 0.05) is 11.6 Å². The van der Waals surface area contributed by atoms with Gasteiger partial charge in [-0.25, -0.2) is 0 Å². The third kappa shape index (κ3) is 2.27. The molecule has 94 valence electrons. The average Bonchev–Trinajstić information content (AvgIpc) is 2.71. The first-order chi connectivity index (χ1) is 7.47. The molecule has 0 radical (unpaired) electrons. The second-order valence-corrected chi connectivity index (χ2v) is 6.30. The molecule has 2 atom stereocenters. The smallest absolute Gasteiger partial charge is 0.0657 e. The summed E-state index contributed by atoms with van der Waals surface area (Å²) < 4.78 is 5.99. The van der Waals surface area contributed by atoms with Gasteiger partial charge in [0.1, 0.15) is 0 Å². The summed E-state index contributed by atoms with van der Waals surface area (Å²) in [5, 5.41) is 9.37. The number of rotatable bonds is 3. The van der Waals surface area contributed by atoms with Gasteiger partial charge in [0.15, 0.2) is 0 Å². The summed E-state index contributed by atoms with van der Waals surface area (Å²) in [6, 6.07) is 0.381. The molecule has 3 heteroatoms. The van der Waals surface area contributed by atoms with E-state index in [-0.39, 0.29) is 11.1 Å². The lowest BCUT2D eigenvalue weighted by Crippen LogP contribution is -2.48. The van der Waals surface area contributed by atoms with Crippen LogP contribution >= 0.6 is 0 Å². The molecular formula is C13H25NO2. The highest BCUT2D eigenvalue weighted by molar-refractivity contribution is 5.04. The second-order valence-electron chi connectivity index (χ2n) is 6.30.